The number of hydrogen-bond donors (Lipinski definition) is 1. The van der Waals surface area contributed by atoms with E-state index in [4.69, 9.17) is 4.98 Å². The predicted molar refractivity (Wildman–Crippen MR) is 124 cm³/mol. The molecule has 32 heavy (non-hydrogen) atoms. The van der Waals surface area contributed by atoms with Gasteiger partial charge in [0.2, 0.25) is 11.9 Å². The number of nitrogens with zero attached hydrogens (tertiary/aromatic N) is 6. The Morgan fingerprint density at radius 3 is 2.56 bits per heavy atom. The Balaban J connectivity index is 0.00000289. The van der Waals surface area contributed by atoms with Crippen molar-refractivity contribution in [3.05, 3.63) is 59.8 Å². The van der Waals surface area contributed by atoms with Gasteiger partial charge in [-0.25, -0.2) is 9.37 Å². The molecule has 0 bridgehead atoms. The minimum atomic E-state index is -0.249. The van der Waals surface area contributed by atoms with Crippen LogP contribution in [0, 0.1) is 5.82 Å². The SMILES string of the molecule is C.CC[C@H]1C(=O)N(C)c2cnc(NCc3cnn(Cc4ccc(F)cc4)c3)nc2N1CC. The summed E-state index contributed by atoms with van der Waals surface area (Å²) in [7, 11) is 1.77. The number of benzene rings is 1. The summed E-state index contributed by atoms with van der Waals surface area (Å²) in [6, 6.07) is 6.18. The number of nitrogens with one attached hydrogen (secondary N) is 1. The second kappa shape index (κ2) is 9.76. The molecule has 0 unspecified atom stereocenters. The average molecular weight is 440 g/mol. The summed E-state index contributed by atoms with van der Waals surface area (Å²) in [5.41, 5.74) is 2.68. The molecule has 4 rings (SSSR count). The van der Waals surface area contributed by atoms with E-state index in [9.17, 15) is 9.18 Å². The van der Waals surface area contributed by atoms with Gasteiger partial charge in [0.05, 0.1) is 18.9 Å². The van der Waals surface area contributed by atoms with Gasteiger partial charge in [-0.1, -0.05) is 26.5 Å². The van der Waals surface area contributed by atoms with E-state index in [1.165, 1.54) is 12.1 Å². The molecule has 8 nitrogen and oxygen atoms in total. The van der Waals surface area contributed by atoms with Crippen molar-refractivity contribution in [2.75, 3.05) is 28.7 Å². The van der Waals surface area contributed by atoms with Crippen molar-refractivity contribution in [1.82, 2.24) is 19.7 Å². The van der Waals surface area contributed by atoms with Gasteiger partial charge in [0.15, 0.2) is 5.82 Å². The summed E-state index contributed by atoms with van der Waals surface area (Å²) in [5.74, 6) is 1.08. The van der Waals surface area contributed by atoms with Gasteiger partial charge >= 0.3 is 0 Å². The van der Waals surface area contributed by atoms with E-state index >= 15 is 0 Å². The molecule has 9 heteroatoms. The number of carbonyl (C=O) groups excluding carboxylic acids is 1. The molecule has 1 aliphatic rings. The first-order chi connectivity index (χ1) is 15.0. The quantitative estimate of drug-likeness (QED) is 0.605. The molecule has 1 amide bonds. The molecule has 3 heterocycles. The van der Waals surface area contributed by atoms with Gasteiger partial charge in [0, 0.05) is 31.9 Å². The lowest BCUT2D eigenvalue weighted by atomic mass is 10.1. The molecule has 0 fully saturated rings. The molecule has 0 saturated carbocycles. The van der Waals surface area contributed by atoms with E-state index in [1.54, 1.807) is 36.5 Å². The molecular weight excluding hydrogens is 409 g/mol. The molecule has 1 N–H and O–H groups in total. The van der Waals surface area contributed by atoms with E-state index in [2.05, 4.69) is 15.4 Å². The Morgan fingerprint density at radius 1 is 1.12 bits per heavy atom. The minimum absolute atomic E-state index is 0. The predicted octanol–water partition coefficient (Wildman–Crippen LogP) is 3.69. The van der Waals surface area contributed by atoms with Gasteiger partial charge < -0.3 is 15.1 Å². The van der Waals surface area contributed by atoms with Crippen LogP contribution in [0.15, 0.2) is 42.9 Å². The van der Waals surface area contributed by atoms with E-state index < -0.39 is 0 Å². The maximum atomic E-state index is 13.1. The summed E-state index contributed by atoms with van der Waals surface area (Å²) in [5, 5.41) is 7.61. The first-order valence-electron chi connectivity index (χ1n) is 10.4. The highest BCUT2D eigenvalue weighted by Gasteiger charge is 2.36. The molecule has 0 spiro atoms. The van der Waals surface area contributed by atoms with Crippen LogP contribution in [0.25, 0.3) is 0 Å². The third-order valence-electron chi connectivity index (χ3n) is 5.50. The van der Waals surface area contributed by atoms with Gasteiger partial charge in [-0.3, -0.25) is 9.48 Å². The fourth-order valence-corrected chi connectivity index (χ4v) is 3.83. The number of hydrogen-bond acceptors (Lipinski definition) is 6. The molecule has 1 atom stereocenters. The van der Waals surface area contributed by atoms with E-state index in [0.29, 0.717) is 31.3 Å². The van der Waals surface area contributed by atoms with Gasteiger partial charge in [-0.2, -0.15) is 10.1 Å². The van der Waals surface area contributed by atoms with Crippen LogP contribution < -0.4 is 15.1 Å². The van der Waals surface area contributed by atoms with Crippen LogP contribution in [-0.2, 0) is 17.9 Å². The van der Waals surface area contributed by atoms with Crippen LogP contribution in [0.3, 0.4) is 0 Å². The van der Waals surface area contributed by atoms with Crippen LogP contribution >= 0.6 is 0 Å². The smallest absolute Gasteiger partial charge is 0.249 e. The van der Waals surface area contributed by atoms with Crippen LogP contribution in [-0.4, -0.2) is 45.3 Å². The largest absolute Gasteiger partial charge is 0.350 e. The van der Waals surface area contributed by atoms with Crippen LogP contribution in [0.4, 0.5) is 21.8 Å². The molecule has 3 aromatic rings. The summed E-state index contributed by atoms with van der Waals surface area (Å²) < 4.78 is 14.9. The molecule has 170 valence electrons. The maximum Gasteiger partial charge on any atom is 0.249 e. The fraction of sp³-hybridized carbons (Fsp3) is 0.391. The Morgan fingerprint density at radius 2 is 1.88 bits per heavy atom. The first kappa shape index (κ1) is 23.2. The standard InChI is InChI=1S/C22H26FN7O.CH4/c1-4-18-21(31)28(3)19-12-25-22(27-20(19)30(18)5-2)24-10-16-11-26-29(14-16)13-15-6-8-17(23)9-7-15;/h6-9,11-12,14,18H,4-5,10,13H2,1-3H3,(H,24,25,27);1H4/t18-;/m0./s1. The lowest BCUT2D eigenvalue weighted by molar-refractivity contribution is -0.120. The van der Waals surface area contributed by atoms with Crippen LogP contribution in [0.5, 0.6) is 0 Å². The van der Waals surface area contributed by atoms with Gasteiger partial charge in [0.1, 0.15) is 17.5 Å². The van der Waals surface area contributed by atoms with Crippen LogP contribution in [0.1, 0.15) is 38.8 Å². The molecular formula is C23H30FN7O. The summed E-state index contributed by atoms with van der Waals surface area (Å²) in [6.07, 6.45) is 6.13. The highest BCUT2D eigenvalue weighted by molar-refractivity contribution is 6.04. The Hall–Kier alpha value is -3.49. The van der Waals surface area contributed by atoms with Crippen molar-refractivity contribution in [3.8, 4) is 0 Å². The summed E-state index contributed by atoms with van der Waals surface area (Å²) in [6.45, 7) is 5.81. The van der Waals surface area contributed by atoms with Crippen molar-refractivity contribution >= 4 is 23.4 Å². The van der Waals surface area contributed by atoms with Crippen LogP contribution in [0.2, 0.25) is 0 Å². The lowest BCUT2D eigenvalue weighted by Crippen LogP contribution is -2.52. The summed E-state index contributed by atoms with van der Waals surface area (Å²) >= 11 is 0. The second-order valence-electron chi connectivity index (χ2n) is 7.54. The monoisotopic (exact) mass is 439 g/mol. The zero-order chi connectivity index (χ0) is 22.0. The number of amides is 1. The second-order valence-corrected chi connectivity index (χ2v) is 7.54. The Bertz CT molecular complexity index is 1070. The Labute approximate surface area is 188 Å². The number of carbonyl (C=O) groups is 1. The third-order valence-corrected chi connectivity index (χ3v) is 5.50. The van der Waals surface area contributed by atoms with Gasteiger partial charge in [0.25, 0.3) is 0 Å². The first-order valence-corrected chi connectivity index (χ1v) is 10.4. The van der Waals surface area contributed by atoms with Gasteiger partial charge in [-0.15, -0.1) is 0 Å². The Kier molecular flexibility index (Phi) is 7.07. The van der Waals surface area contributed by atoms with Crippen molar-refractivity contribution in [2.24, 2.45) is 0 Å². The van der Waals surface area contributed by atoms with E-state index in [0.717, 1.165) is 23.4 Å². The molecule has 2 aromatic heterocycles. The van der Waals surface area contributed by atoms with Crippen molar-refractivity contribution < 1.29 is 9.18 Å². The number of aromatic nitrogens is 4. The number of anilines is 3. The molecule has 0 saturated heterocycles. The molecule has 0 aliphatic carbocycles. The molecule has 1 aromatic carbocycles. The number of likely N-dealkylation sites (N-methyl/N-ethyl adjacent to an activating group) is 2. The number of halogens is 1. The third kappa shape index (κ3) is 4.56. The molecule has 1 aliphatic heterocycles. The lowest BCUT2D eigenvalue weighted by Gasteiger charge is -2.39. The van der Waals surface area contributed by atoms with Crippen molar-refractivity contribution in [2.45, 2.75) is 46.8 Å². The normalized spacial score (nSPS) is 15.4. The zero-order valence-corrected chi connectivity index (χ0v) is 17.9. The van der Waals surface area contributed by atoms with E-state index in [1.807, 2.05) is 29.6 Å². The number of fused-ring (bicyclic) bond motifs is 1. The summed E-state index contributed by atoms with van der Waals surface area (Å²) in [4.78, 5) is 25.4. The zero-order valence-electron chi connectivity index (χ0n) is 17.9. The average Bonchev–Trinajstić information content (AvgIpc) is 3.23. The highest BCUT2D eigenvalue weighted by Crippen LogP contribution is 2.34. The van der Waals surface area contributed by atoms with Crippen molar-refractivity contribution in [1.29, 1.82) is 0 Å². The van der Waals surface area contributed by atoms with Crippen molar-refractivity contribution in [3.63, 3.8) is 0 Å². The van der Waals surface area contributed by atoms with Gasteiger partial charge in [-0.05, 0) is 31.0 Å². The fourth-order valence-electron chi connectivity index (χ4n) is 3.83. The topological polar surface area (TPSA) is 79.2 Å². The molecule has 0 radical (unpaired) electrons. The van der Waals surface area contributed by atoms with E-state index in [-0.39, 0.29) is 25.2 Å². The highest BCUT2D eigenvalue weighted by atomic mass is 19.1. The minimum Gasteiger partial charge on any atom is -0.350 e. The maximum absolute atomic E-state index is 13.1. The number of rotatable bonds is 7.